The molecule has 0 aliphatic rings. The van der Waals surface area contributed by atoms with Crippen LogP contribution in [0.25, 0.3) is 5.73 Å². The van der Waals surface area contributed by atoms with Gasteiger partial charge >= 0.3 is 58.2 Å². The van der Waals surface area contributed by atoms with E-state index >= 15 is 0 Å². The molecule has 0 fully saturated rings. The standard InChI is InChI=1S/C6H7NO3.Rb/c1-2-10-6-3(7)4(8)5(6)9;/h2H2,1H3,(H2,7,9);/q;+1/p-1. The van der Waals surface area contributed by atoms with Crippen LogP contribution in [-0.2, 0) is 0 Å². The summed E-state index contributed by atoms with van der Waals surface area (Å²) in [5.74, 6) is -0.0903. The van der Waals surface area contributed by atoms with E-state index in [1.54, 1.807) is 6.92 Å². The van der Waals surface area contributed by atoms with Crippen molar-refractivity contribution in [2.45, 2.75) is 6.92 Å². The fourth-order valence-corrected chi connectivity index (χ4v) is 0.653. The molecule has 0 heterocycles. The third-order valence-corrected chi connectivity index (χ3v) is 1.16. The quantitative estimate of drug-likeness (QED) is 0.517. The molecule has 0 atom stereocenters. The molecular weight excluding hydrogens is 220 g/mol. The van der Waals surface area contributed by atoms with Gasteiger partial charge < -0.3 is 10.5 Å². The van der Waals surface area contributed by atoms with Crippen molar-refractivity contribution in [2.75, 3.05) is 6.61 Å². The Bertz CT molecular complexity index is 313. The maximum Gasteiger partial charge on any atom is 1.00 e. The Labute approximate surface area is 112 Å². The van der Waals surface area contributed by atoms with Crippen molar-refractivity contribution in [3.8, 4) is 5.75 Å². The molecule has 0 bridgehead atoms. The summed E-state index contributed by atoms with van der Waals surface area (Å²) < 4.78 is 4.69. The number of ether oxygens (including phenoxy) is 1. The van der Waals surface area contributed by atoms with Crippen molar-refractivity contribution in [2.24, 2.45) is 0 Å². The van der Waals surface area contributed by atoms with E-state index in [1.807, 2.05) is 0 Å². The third kappa shape index (κ3) is 1.99. The van der Waals surface area contributed by atoms with E-state index in [4.69, 9.17) is 10.5 Å². The predicted octanol–water partition coefficient (Wildman–Crippen LogP) is -2.63. The first-order valence-corrected chi connectivity index (χ1v) is 2.86. The minimum absolute atomic E-state index is 0. The number of nitrogens with one attached hydrogen (secondary N) is 1. The second kappa shape index (κ2) is 4.50. The average Bonchev–Trinajstić information content (AvgIpc) is 1.98. The van der Waals surface area contributed by atoms with Crippen molar-refractivity contribution < 1.29 is 62.9 Å². The van der Waals surface area contributed by atoms with Crippen LogP contribution >= 0.6 is 0 Å². The van der Waals surface area contributed by atoms with Crippen molar-refractivity contribution in [1.29, 1.82) is 0 Å². The second-order valence-corrected chi connectivity index (χ2v) is 1.80. The van der Waals surface area contributed by atoms with Crippen LogP contribution in [0.5, 0.6) is 5.75 Å². The van der Waals surface area contributed by atoms with Gasteiger partial charge in [-0.25, -0.2) is 0 Å². The van der Waals surface area contributed by atoms with Crippen LogP contribution in [0.2, 0.25) is 0 Å². The molecule has 0 amide bonds. The average molecular weight is 226 g/mol. The van der Waals surface area contributed by atoms with Crippen LogP contribution in [0, 0.1) is 0 Å². The number of hydrogen-bond donors (Lipinski definition) is 0. The van der Waals surface area contributed by atoms with Crippen LogP contribution in [0.4, 0.5) is 5.69 Å². The van der Waals surface area contributed by atoms with Crippen molar-refractivity contribution >= 4 is 5.69 Å². The summed E-state index contributed by atoms with van der Waals surface area (Å²) in [6.07, 6.45) is 0. The van der Waals surface area contributed by atoms with Crippen LogP contribution in [0.3, 0.4) is 0 Å². The van der Waals surface area contributed by atoms with Gasteiger partial charge in [-0.15, -0.1) is 0 Å². The summed E-state index contributed by atoms with van der Waals surface area (Å²) in [7, 11) is 0. The first kappa shape index (κ1) is 11.5. The molecule has 0 unspecified atom stereocenters. The zero-order chi connectivity index (χ0) is 7.72. The fourth-order valence-electron chi connectivity index (χ4n) is 0.653. The fraction of sp³-hybridized carbons (Fsp3) is 0.333. The third-order valence-electron chi connectivity index (χ3n) is 1.16. The zero-order valence-corrected chi connectivity index (χ0v) is 11.3. The van der Waals surface area contributed by atoms with Crippen molar-refractivity contribution in [3.05, 3.63) is 26.2 Å². The van der Waals surface area contributed by atoms with Gasteiger partial charge in [-0.1, -0.05) is 0 Å². The molecular formula is C6H6NO3Rb. The molecule has 0 radical (unpaired) electrons. The molecule has 0 aliphatic carbocycles. The van der Waals surface area contributed by atoms with Gasteiger partial charge in [0.2, 0.25) is 5.43 Å². The van der Waals surface area contributed by atoms with E-state index < -0.39 is 10.9 Å². The van der Waals surface area contributed by atoms with E-state index in [0.29, 0.717) is 6.61 Å². The molecule has 0 aromatic heterocycles. The summed E-state index contributed by atoms with van der Waals surface area (Å²) in [5, 5.41) is 0. The van der Waals surface area contributed by atoms with Crippen LogP contribution in [0.1, 0.15) is 6.92 Å². The summed E-state index contributed by atoms with van der Waals surface area (Å²) in [4.78, 5) is 20.9. The molecule has 0 spiro atoms. The Morgan fingerprint density at radius 1 is 1.36 bits per heavy atom. The molecule has 0 saturated carbocycles. The van der Waals surface area contributed by atoms with Gasteiger partial charge in [0, 0.05) is 0 Å². The molecule has 1 aromatic rings. The monoisotopic (exact) mass is 225 g/mol. The van der Waals surface area contributed by atoms with E-state index in [9.17, 15) is 9.59 Å². The summed E-state index contributed by atoms with van der Waals surface area (Å²) in [5.41, 5.74) is 5.17. The van der Waals surface area contributed by atoms with Crippen molar-refractivity contribution in [3.63, 3.8) is 0 Å². The Kier molecular flexibility index (Phi) is 4.69. The van der Waals surface area contributed by atoms with Gasteiger partial charge in [0.15, 0.2) is 5.75 Å². The van der Waals surface area contributed by atoms with Gasteiger partial charge in [0.1, 0.15) is 0 Å². The van der Waals surface area contributed by atoms with Gasteiger partial charge in [0.05, 0.1) is 6.61 Å². The Morgan fingerprint density at radius 3 is 2.27 bits per heavy atom. The van der Waals surface area contributed by atoms with Crippen molar-refractivity contribution in [1.82, 2.24) is 0 Å². The Hall–Kier alpha value is 0.485. The molecule has 1 N–H and O–H groups in total. The van der Waals surface area contributed by atoms with E-state index in [1.165, 1.54) is 0 Å². The van der Waals surface area contributed by atoms with Crippen LogP contribution in [0.15, 0.2) is 9.59 Å². The van der Waals surface area contributed by atoms with Gasteiger partial charge in [-0.2, -0.15) is 0 Å². The molecule has 5 heteroatoms. The SMILES string of the molecule is CCOc1c([NH-])c(=O)c1=O.[Rb+]. The Balaban J connectivity index is 0.000001000. The second-order valence-electron chi connectivity index (χ2n) is 1.80. The maximum atomic E-state index is 10.5. The minimum atomic E-state index is -0.747. The number of rotatable bonds is 2. The van der Waals surface area contributed by atoms with E-state index in [2.05, 4.69) is 0 Å². The predicted molar refractivity (Wildman–Crippen MR) is 36.5 cm³/mol. The first-order valence-electron chi connectivity index (χ1n) is 2.86. The molecule has 0 saturated heterocycles. The summed E-state index contributed by atoms with van der Waals surface area (Å²) in [6, 6.07) is 0. The largest absolute Gasteiger partial charge is 1.00 e. The normalized spacial score (nSPS) is 9.18. The minimum Gasteiger partial charge on any atom is -0.692 e. The van der Waals surface area contributed by atoms with Crippen LogP contribution in [-0.4, -0.2) is 6.61 Å². The topological polar surface area (TPSA) is 67.2 Å². The molecule has 0 aliphatic heterocycles. The molecule has 11 heavy (non-hydrogen) atoms. The summed E-state index contributed by atoms with van der Waals surface area (Å²) in [6.45, 7) is 2.01. The van der Waals surface area contributed by atoms with Gasteiger partial charge in [-0.05, 0) is 12.6 Å². The zero-order valence-electron chi connectivity index (χ0n) is 6.43. The molecule has 1 aromatic carbocycles. The smallest absolute Gasteiger partial charge is 0.692 e. The summed E-state index contributed by atoms with van der Waals surface area (Å²) >= 11 is 0. The maximum absolute atomic E-state index is 10.5. The number of hydrogen-bond acceptors (Lipinski definition) is 3. The Morgan fingerprint density at radius 2 is 1.91 bits per heavy atom. The van der Waals surface area contributed by atoms with Gasteiger partial charge in [0.25, 0.3) is 5.43 Å². The van der Waals surface area contributed by atoms with Gasteiger partial charge in [-0.3, -0.25) is 9.59 Å². The molecule has 54 valence electrons. The molecule has 1 rings (SSSR count). The molecule has 4 nitrogen and oxygen atoms in total. The van der Waals surface area contributed by atoms with E-state index in [0.717, 1.165) is 0 Å². The van der Waals surface area contributed by atoms with E-state index in [-0.39, 0.29) is 69.6 Å². The van der Waals surface area contributed by atoms with Crippen LogP contribution < -0.4 is 73.8 Å². The first-order chi connectivity index (χ1) is 4.68.